The van der Waals surface area contributed by atoms with Crippen LogP contribution in [0.25, 0.3) is 0 Å². The highest BCUT2D eigenvalue weighted by Crippen LogP contribution is 2.08. The molecule has 70 valence electrons. The molecule has 0 aromatic rings. The third-order valence-corrected chi connectivity index (χ3v) is 1.80. The number of halogens is 1. The van der Waals surface area contributed by atoms with Gasteiger partial charge in [0.05, 0.1) is 0 Å². The lowest BCUT2D eigenvalue weighted by Crippen LogP contribution is -2.20. The molecule has 0 fully saturated rings. The van der Waals surface area contributed by atoms with E-state index in [0.717, 1.165) is 0 Å². The van der Waals surface area contributed by atoms with E-state index < -0.39 is 0 Å². The number of ether oxygens (including phenoxy) is 2. The number of hydrogen-bond acceptors (Lipinski definition) is 2. The van der Waals surface area contributed by atoms with Gasteiger partial charge in [0.2, 0.25) is 0 Å². The Morgan fingerprint density at radius 1 is 1.17 bits per heavy atom. The molecule has 1 atom stereocenters. The molecule has 0 aromatic carbocycles. The Hall–Kier alpha value is -0.120. The maximum absolute atomic E-state index is 5.08. The Morgan fingerprint density at radius 3 is 2.17 bits per heavy atom. The summed E-state index contributed by atoms with van der Waals surface area (Å²) in [7, 11) is 3.28. The minimum Gasteiger partial charge on any atom is -0.355 e. The van der Waals surface area contributed by atoms with Crippen LogP contribution in [0.15, 0.2) is 23.2 Å². The molecule has 0 radical (unpaired) electrons. The van der Waals surface area contributed by atoms with Crippen LogP contribution >= 0.6 is 15.9 Å². The summed E-state index contributed by atoms with van der Waals surface area (Å²) >= 11 is 3.18. The molecule has 3 heteroatoms. The van der Waals surface area contributed by atoms with Crippen molar-refractivity contribution in [1.82, 2.24) is 0 Å². The quantitative estimate of drug-likeness (QED) is 0.538. The number of methoxy groups -OCH3 is 2. The van der Waals surface area contributed by atoms with Crippen LogP contribution in [0.5, 0.6) is 0 Å². The van der Waals surface area contributed by atoms with E-state index >= 15 is 0 Å². The van der Waals surface area contributed by atoms with E-state index in [-0.39, 0.29) is 12.2 Å². The minimum atomic E-state index is -0.162. The fourth-order valence-corrected chi connectivity index (χ4v) is 1.07. The first-order valence-electron chi connectivity index (χ1n) is 3.75. The molecule has 1 unspecified atom stereocenters. The van der Waals surface area contributed by atoms with Crippen LogP contribution < -0.4 is 0 Å². The molecule has 2 nitrogen and oxygen atoms in total. The van der Waals surface area contributed by atoms with Crippen molar-refractivity contribution >= 4 is 15.9 Å². The fourth-order valence-electron chi connectivity index (χ4n) is 0.898. The average Bonchev–Trinajstić information content (AvgIpc) is 2.07. The van der Waals surface area contributed by atoms with Gasteiger partial charge < -0.3 is 9.47 Å². The van der Waals surface area contributed by atoms with Crippen molar-refractivity contribution in [3.63, 3.8) is 0 Å². The van der Waals surface area contributed by atoms with E-state index in [9.17, 15) is 0 Å². The van der Waals surface area contributed by atoms with Crippen LogP contribution in [-0.4, -0.2) is 20.5 Å². The molecule has 12 heavy (non-hydrogen) atoms. The second-order valence-corrected chi connectivity index (χ2v) is 2.93. The molecule has 0 amide bonds. The molecule has 0 aromatic heterocycles. The molecule has 0 spiro atoms. The first-order valence-corrected chi connectivity index (χ1v) is 4.67. The number of hydrogen-bond donors (Lipinski definition) is 0. The second kappa shape index (κ2) is 7.53. The molecule has 0 rings (SSSR count). The summed E-state index contributed by atoms with van der Waals surface area (Å²) in [4.78, 5) is 1.80. The Labute approximate surface area is 82.4 Å². The van der Waals surface area contributed by atoms with E-state index in [0.29, 0.717) is 0 Å². The fraction of sp³-hybridized carbons (Fsp3) is 0.556. The number of rotatable bonds is 5. The Kier molecular flexibility index (Phi) is 7.45. The van der Waals surface area contributed by atoms with Crippen molar-refractivity contribution < 1.29 is 9.47 Å². The van der Waals surface area contributed by atoms with Crippen LogP contribution in [0.1, 0.15) is 6.92 Å². The minimum absolute atomic E-state index is 0.162. The van der Waals surface area contributed by atoms with Crippen LogP contribution in [-0.2, 0) is 9.47 Å². The van der Waals surface area contributed by atoms with Gasteiger partial charge in [-0.05, 0) is 4.99 Å². The van der Waals surface area contributed by atoms with Crippen molar-refractivity contribution in [3.05, 3.63) is 23.2 Å². The zero-order valence-corrected chi connectivity index (χ0v) is 9.24. The molecule has 0 saturated heterocycles. The van der Waals surface area contributed by atoms with Crippen LogP contribution in [0, 0.1) is 5.92 Å². The third kappa shape index (κ3) is 4.70. The van der Waals surface area contributed by atoms with Crippen molar-refractivity contribution in [2.24, 2.45) is 5.92 Å². The lowest BCUT2D eigenvalue weighted by atomic mass is 10.1. The Bertz CT molecular complexity index is 151. The summed E-state index contributed by atoms with van der Waals surface area (Å²) < 4.78 is 10.2. The van der Waals surface area contributed by atoms with Gasteiger partial charge in [-0.2, -0.15) is 0 Å². The van der Waals surface area contributed by atoms with Gasteiger partial charge in [0.25, 0.3) is 0 Å². The number of allylic oxidation sites excluding steroid dienone is 2. The Balaban J connectivity index is 3.90. The van der Waals surface area contributed by atoms with Crippen molar-refractivity contribution in [2.45, 2.75) is 13.2 Å². The zero-order chi connectivity index (χ0) is 9.40. The van der Waals surface area contributed by atoms with Gasteiger partial charge in [0.1, 0.15) is 0 Å². The van der Waals surface area contributed by atoms with Gasteiger partial charge in [-0.25, -0.2) is 0 Å². The lowest BCUT2D eigenvalue weighted by molar-refractivity contribution is -0.122. The largest absolute Gasteiger partial charge is 0.355 e. The molecule has 0 bridgehead atoms. The van der Waals surface area contributed by atoms with Crippen LogP contribution in [0.3, 0.4) is 0 Å². The highest BCUT2D eigenvalue weighted by molar-refractivity contribution is 9.11. The van der Waals surface area contributed by atoms with Crippen LogP contribution in [0.2, 0.25) is 0 Å². The highest BCUT2D eigenvalue weighted by atomic mass is 79.9. The van der Waals surface area contributed by atoms with E-state index in [1.165, 1.54) is 0 Å². The summed E-state index contributed by atoms with van der Waals surface area (Å²) in [6.07, 6.45) is 5.71. The van der Waals surface area contributed by atoms with Gasteiger partial charge in [-0.15, -0.1) is 0 Å². The monoisotopic (exact) mass is 234 g/mol. The molecule has 0 heterocycles. The van der Waals surface area contributed by atoms with Crippen LogP contribution in [0.4, 0.5) is 0 Å². The van der Waals surface area contributed by atoms with Crippen molar-refractivity contribution in [2.75, 3.05) is 14.2 Å². The first kappa shape index (κ1) is 11.9. The van der Waals surface area contributed by atoms with E-state index in [2.05, 4.69) is 15.9 Å². The summed E-state index contributed by atoms with van der Waals surface area (Å²) in [5.74, 6) is 0.253. The van der Waals surface area contributed by atoms with E-state index in [1.54, 1.807) is 19.2 Å². The van der Waals surface area contributed by atoms with Gasteiger partial charge in [-0.1, -0.05) is 41.1 Å². The third-order valence-electron chi connectivity index (χ3n) is 1.49. The van der Waals surface area contributed by atoms with Gasteiger partial charge >= 0.3 is 0 Å². The van der Waals surface area contributed by atoms with E-state index in [4.69, 9.17) is 9.47 Å². The predicted molar refractivity (Wildman–Crippen MR) is 54.2 cm³/mol. The topological polar surface area (TPSA) is 18.5 Å². The normalized spacial score (nSPS) is 15.1. The molecule has 0 aliphatic heterocycles. The molecule has 0 aliphatic carbocycles. The maximum Gasteiger partial charge on any atom is 0.162 e. The lowest BCUT2D eigenvalue weighted by Gasteiger charge is -2.17. The predicted octanol–water partition coefficient (Wildman–Crippen LogP) is 2.71. The summed E-state index contributed by atoms with van der Waals surface area (Å²) in [5, 5.41) is 0. The van der Waals surface area contributed by atoms with Crippen molar-refractivity contribution in [3.8, 4) is 0 Å². The molecular formula is C9H15BrO2. The second-order valence-electron chi connectivity index (χ2n) is 2.40. The van der Waals surface area contributed by atoms with Gasteiger partial charge in [0.15, 0.2) is 6.29 Å². The summed E-state index contributed by atoms with van der Waals surface area (Å²) in [6, 6.07) is 0. The SMILES string of the molecule is COC(OC)C(C)C=CC=CBr. The molecule has 0 aliphatic rings. The average molecular weight is 235 g/mol. The zero-order valence-electron chi connectivity index (χ0n) is 7.66. The van der Waals surface area contributed by atoms with E-state index in [1.807, 2.05) is 25.2 Å². The summed E-state index contributed by atoms with van der Waals surface area (Å²) in [5.41, 5.74) is 0. The highest BCUT2D eigenvalue weighted by Gasteiger charge is 2.11. The smallest absolute Gasteiger partial charge is 0.162 e. The molecular weight excluding hydrogens is 220 g/mol. The first-order chi connectivity index (χ1) is 5.76. The standard InChI is InChI=1S/C9H15BrO2/c1-8(6-4-5-7-10)9(11-2)12-3/h4-9H,1-3H3. The molecule has 0 saturated carbocycles. The summed E-state index contributed by atoms with van der Waals surface area (Å²) in [6.45, 7) is 2.04. The van der Waals surface area contributed by atoms with Crippen molar-refractivity contribution in [1.29, 1.82) is 0 Å². The maximum atomic E-state index is 5.08. The Morgan fingerprint density at radius 2 is 1.75 bits per heavy atom. The van der Waals surface area contributed by atoms with Gasteiger partial charge in [0, 0.05) is 20.1 Å². The van der Waals surface area contributed by atoms with Gasteiger partial charge in [-0.3, -0.25) is 0 Å². The molecule has 0 N–H and O–H groups in total.